The number of amides is 2. The van der Waals surface area contributed by atoms with Gasteiger partial charge in [-0.25, -0.2) is 9.59 Å². The molecule has 0 aromatic heterocycles. The molecule has 0 aliphatic carbocycles. The van der Waals surface area contributed by atoms with Gasteiger partial charge in [0.1, 0.15) is 12.1 Å². The van der Waals surface area contributed by atoms with Crippen LogP contribution in [0.2, 0.25) is 0 Å². The van der Waals surface area contributed by atoms with E-state index in [1.165, 1.54) is 0 Å². The fraction of sp³-hybridized carbons (Fsp3) is 0.778. The van der Waals surface area contributed by atoms with Gasteiger partial charge < -0.3 is 20.8 Å². The van der Waals surface area contributed by atoms with Crippen molar-refractivity contribution < 1.29 is 29.4 Å². The number of carbonyl (C=O) groups excluding carboxylic acids is 2. The highest BCUT2D eigenvalue weighted by atomic mass is 16.4. The molecule has 0 aliphatic heterocycles. The van der Waals surface area contributed by atoms with Gasteiger partial charge in [0.2, 0.25) is 11.8 Å². The molecule has 2 amide bonds. The van der Waals surface area contributed by atoms with Gasteiger partial charge in [-0.2, -0.15) is 0 Å². The van der Waals surface area contributed by atoms with Crippen molar-refractivity contribution in [2.45, 2.75) is 79.3 Å². The Labute approximate surface area is 154 Å². The first kappa shape index (κ1) is 23.9. The minimum Gasteiger partial charge on any atom is -0.480 e. The Morgan fingerprint density at radius 2 is 1.19 bits per heavy atom. The lowest BCUT2D eigenvalue weighted by Gasteiger charge is -2.25. The standard InChI is InChI=1S/C18H32N2O6/c1-7-18(5,6)16(26)20-12(14(23)24)10-8-9-11(13(21)22)19-15(25)17(2,3)4/h11-12H,7-10H2,1-6H3,(H,19,25)(H,20,26)(H,21,22)(H,23,24). The van der Waals surface area contributed by atoms with Gasteiger partial charge in [0.15, 0.2) is 0 Å². The quantitative estimate of drug-likeness (QED) is 0.462. The summed E-state index contributed by atoms with van der Waals surface area (Å²) in [6, 6.07) is -2.19. The van der Waals surface area contributed by atoms with E-state index < -0.39 is 40.8 Å². The predicted octanol–water partition coefficient (Wildman–Crippen LogP) is 1.78. The topological polar surface area (TPSA) is 133 Å². The van der Waals surface area contributed by atoms with E-state index in [-0.39, 0.29) is 25.2 Å². The number of carbonyl (C=O) groups is 4. The lowest BCUT2D eigenvalue weighted by atomic mass is 9.88. The predicted molar refractivity (Wildman–Crippen MR) is 96.5 cm³/mol. The molecule has 4 N–H and O–H groups in total. The maximum absolute atomic E-state index is 12.1. The third-order valence-electron chi connectivity index (χ3n) is 4.37. The largest absolute Gasteiger partial charge is 0.480 e. The van der Waals surface area contributed by atoms with Crippen LogP contribution < -0.4 is 10.6 Å². The van der Waals surface area contributed by atoms with Gasteiger partial charge in [0.05, 0.1) is 0 Å². The van der Waals surface area contributed by atoms with Crippen LogP contribution >= 0.6 is 0 Å². The van der Waals surface area contributed by atoms with E-state index >= 15 is 0 Å². The second-order valence-corrected chi connectivity index (χ2v) is 8.15. The number of hydrogen-bond acceptors (Lipinski definition) is 4. The molecular formula is C18H32N2O6. The third-order valence-corrected chi connectivity index (χ3v) is 4.37. The van der Waals surface area contributed by atoms with Crippen LogP contribution in [0.25, 0.3) is 0 Å². The molecule has 0 radical (unpaired) electrons. The molecule has 0 rings (SSSR count). The second-order valence-electron chi connectivity index (χ2n) is 8.15. The van der Waals surface area contributed by atoms with Gasteiger partial charge in [0, 0.05) is 10.8 Å². The number of hydrogen-bond donors (Lipinski definition) is 4. The van der Waals surface area contributed by atoms with Gasteiger partial charge in [-0.05, 0) is 25.7 Å². The van der Waals surface area contributed by atoms with Crippen molar-refractivity contribution in [3.63, 3.8) is 0 Å². The fourth-order valence-electron chi connectivity index (χ4n) is 1.93. The fourth-order valence-corrected chi connectivity index (χ4v) is 1.93. The highest BCUT2D eigenvalue weighted by Crippen LogP contribution is 2.20. The average Bonchev–Trinajstić information content (AvgIpc) is 2.50. The zero-order valence-corrected chi connectivity index (χ0v) is 16.5. The minimum absolute atomic E-state index is 0.0774. The molecule has 2 unspecified atom stereocenters. The van der Waals surface area contributed by atoms with Crippen molar-refractivity contribution in [2.24, 2.45) is 10.8 Å². The van der Waals surface area contributed by atoms with Crippen molar-refractivity contribution in [3.05, 3.63) is 0 Å². The van der Waals surface area contributed by atoms with Crippen molar-refractivity contribution in [3.8, 4) is 0 Å². The van der Waals surface area contributed by atoms with E-state index in [0.717, 1.165) is 0 Å². The number of carboxylic acids is 2. The Hall–Kier alpha value is -2.12. The lowest BCUT2D eigenvalue weighted by Crippen LogP contribution is -2.47. The molecule has 2 atom stereocenters. The van der Waals surface area contributed by atoms with Crippen LogP contribution in [0.3, 0.4) is 0 Å². The van der Waals surface area contributed by atoms with Crippen molar-refractivity contribution >= 4 is 23.8 Å². The molecule has 0 saturated heterocycles. The Morgan fingerprint density at radius 1 is 0.808 bits per heavy atom. The van der Waals surface area contributed by atoms with E-state index in [2.05, 4.69) is 10.6 Å². The summed E-state index contributed by atoms with van der Waals surface area (Å²) in [5.41, 5.74) is -1.41. The van der Waals surface area contributed by atoms with Gasteiger partial charge >= 0.3 is 11.9 Å². The minimum atomic E-state index is -1.18. The van der Waals surface area contributed by atoms with Crippen LogP contribution in [-0.2, 0) is 19.2 Å². The molecule has 0 saturated carbocycles. The Morgan fingerprint density at radius 3 is 1.50 bits per heavy atom. The smallest absolute Gasteiger partial charge is 0.326 e. The van der Waals surface area contributed by atoms with Crippen LogP contribution in [0.5, 0.6) is 0 Å². The second kappa shape index (κ2) is 9.54. The summed E-state index contributed by atoms with van der Waals surface area (Å²) in [5.74, 6) is -3.10. The summed E-state index contributed by atoms with van der Waals surface area (Å²) >= 11 is 0. The van der Waals surface area contributed by atoms with E-state index in [1.54, 1.807) is 34.6 Å². The van der Waals surface area contributed by atoms with Crippen molar-refractivity contribution in [1.82, 2.24) is 10.6 Å². The number of rotatable bonds is 10. The summed E-state index contributed by atoms with van der Waals surface area (Å²) in [5, 5.41) is 23.5. The number of aliphatic carboxylic acids is 2. The maximum Gasteiger partial charge on any atom is 0.326 e. The summed E-state index contributed by atoms with van der Waals surface area (Å²) in [6.45, 7) is 10.3. The van der Waals surface area contributed by atoms with Gasteiger partial charge in [0.25, 0.3) is 0 Å². The van der Waals surface area contributed by atoms with E-state index in [1.807, 2.05) is 6.92 Å². The number of nitrogens with one attached hydrogen (secondary N) is 2. The summed E-state index contributed by atoms with van der Waals surface area (Å²) in [6.07, 6.45) is 0.945. The van der Waals surface area contributed by atoms with Crippen LogP contribution in [-0.4, -0.2) is 46.0 Å². The molecule has 0 aromatic carbocycles. The van der Waals surface area contributed by atoms with E-state index in [4.69, 9.17) is 0 Å². The Balaban J connectivity index is 4.78. The van der Waals surface area contributed by atoms with Crippen molar-refractivity contribution in [1.29, 1.82) is 0 Å². The van der Waals surface area contributed by atoms with E-state index in [9.17, 15) is 29.4 Å². The molecule has 0 fully saturated rings. The zero-order valence-electron chi connectivity index (χ0n) is 16.5. The first-order chi connectivity index (χ1) is 11.7. The highest BCUT2D eigenvalue weighted by molar-refractivity contribution is 5.87. The van der Waals surface area contributed by atoms with E-state index in [0.29, 0.717) is 6.42 Å². The highest BCUT2D eigenvalue weighted by Gasteiger charge is 2.31. The zero-order chi connectivity index (χ0) is 20.7. The summed E-state index contributed by atoms with van der Waals surface area (Å²) < 4.78 is 0. The molecule has 0 heterocycles. The van der Waals surface area contributed by atoms with Gasteiger partial charge in [-0.15, -0.1) is 0 Å². The SMILES string of the molecule is CCC(C)(C)C(=O)NC(CCCC(NC(=O)C(C)(C)C)C(=O)O)C(=O)O. The first-order valence-electron chi connectivity index (χ1n) is 8.80. The van der Waals surface area contributed by atoms with Gasteiger partial charge in [-0.3, -0.25) is 9.59 Å². The molecule has 0 aromatic rings. The van der Waals surface area contributed by atoms with Crippen LogP contribution in [0.15, 0.2) is 0 Å². The Bertz CT molecular complexity index is 536. The molecule has 26 heavy (non-hydrogen) atoms. The maximum atomic E-state index is 12.1. The molecule has 8 nitrogen and oxygen atoms in total. The van der Waals surface area contributed by atoms with Crippen molar-refractivity contribution in [2.75, 3.05) is 0 Å². The molecular weight excluding hydrogens is 340 g/mol. The van der Waals surface area contributed by atoms with Gasteiger partial charge in [-0.1, -0.05) is 41.5 Å². The molecule has 0 aliphatic rings. The molecule has 150 valence electrons. The van der Waals surface area contributed by atoms with Crippen LogP contribution in [0, 0.1) is 10.8 Å². The Kier molecular flexibility index (Phi) is 8.76. The molecule has 8 heteroatoms. The average molecular weight is 372 g/mol. The first-order valence-corrected chi connectivity index (χ1v) is 8.80. The lowest BCUT2D eigenvalue weighted by molar-refractivity contribution is -0.144. The number of carboxylic acid groups (broad SMARTS) is 2. The van der Waals surface area contributed by atoms with Crippen LogP contribution in [0.4, 0.5) is 0 Å². The molecule has 0 spiro atoms. The summed E-state index contributed by atoms with van der Waals surface area (Å²) in [7, 11) is 0. The third kappa shape index (κ3) is 7.84. The summed E-state index contributed by atoms with van der Waals surface area (Å²) in [4.78, 5) is 46.8. The monoisotopic (exact) mass is 372 g/mol. The molecule has 0 bridgehead atoms. The van der Waals surface area contributed by atoms with Crippen LogP contribution in [0.1, 0.15) is 67.2 Å². The normalized spacial score (nSPS) is 14.2.